The zero-order chi connectivity index (χ0) is 19.2. The Labute approximate surface area is 158 Å². The van der Waals surface area contributed by atoms with Gasteiger partial charge in [0.15, 0.2) is 0 Å². The third-order valence-corrected chi connectivity index (χ3v) is 6.36. The highest BCUT2D eigenvalue weighted by Gasteiger charge is 2.22. The summed E-state index contributed by atoms with van der Waals surface area (Å²) in [6, 6.07) is 15.9. The van der Waals surface area contributed by atoms with Gasteiger partial charge < -0.3 is 4.90 Å². The van der Waals surface area contributed by atoms with E-state index in [0.29, 0.717) is 11.3 Å². The fourth-order valence-corrected chi connectivity index (χ4v) is 4.87. The Morgan fingerprint density at radius 1 is 0.926 bits per heavy atom. The summed E-state index contributed by atoms with van der Waals surface area (Å²) in [5, 5.41) is 1.82. The number of anilines is 1. The van der Waals surface area contributed by atoms with E-state index in [2.05, 4.69) is 10.8 Å². The highest BCUT2D eigenvalue weighted by Crippen LogP contribution is 2.35. The van der Waals surface area contributed by atoms with E-state index in [1.165, 1.54) is 16.0 Å². The Morgan fingerprint density at radius 3 is 2.26 bits per heavy atom. The Morgan fingerprint density at radius 2 is 1.59 bits per heavy atom. The summed E-state index contributed by atoms with van der Waals surface area (Å²) in [5.74, 6) is -0.128. The summed E-state index contributed by atoms with van der Waals surface area (Å²) < 4.78 is 28.6. The maximum atomic E-state index is 13.0. The normalized spacial score (nSPS) is 13.0. The molecule has 0 aromatic heterocycles. The molecule has 0 atom stereocenters. The van der Waals surface area contributed by atoms with Crippen LogP contribution in [0.25, 0.3) is 10.8 Å². The maximum absolute atomic E-state index is 13.0. The predicted molar refractivity (Wildman–Crippen MR) is 107 cm³/mol. The lowest BCUT2D eigenvalue weighted by Gasteiger charge is -2.13. The lowest BCUT2D eigenvalue weighted by atomic mass is 10.1. The van der Waals surface area contributed by atoms with Crippen molar-refractivity contribution in [1.29, 1.82) is 0 Å². The smallest absolute Gasteiger partial charge is 0.262 e. The van der Waals surface area contributed by atoms with Gasteiger partial charge in [0, 0.05) is 30.7 Å². The lowest BCUT2D eigenvalue weighted by molar-refractivity contribution is 0.0827. The van der Waals surface area contributed by atoms with Gasteiger partial charge >= 0.3 is 0 Å². The second-order valence-electron chi connectivity index (χ2n) is 6.94. The molecular weight excluding hydrogens is 360 g/mol. The second kappa shape index (κ2) is 6.39. The van der Waals surface area contributed by atoms with Crippen LogP contribution in [0.5, 0.6) is 0 Å². The number of aryl methyl sites for hydroxylation is 2. The number of hydrogen-bond donors (Lipinski definition) is 1. The molecule has 138 valence electrons. The molecule has 3 aromatic carbocycles. The van der Waals surface area contributed by atoms with Crippen LogP contribution >= 0.6 is 0 Å². The number of carbonyl (C=O) groups excluding carboxylic acids is 1. The van der Waals surface area contributed by atoms with E-state index in [4.69, 9.17) is 0 Å². The van der Waals surface area contributed by atoms with E-state index in [1.807, 2.05) is 18.2 Å². The van der Waals surface area contributed by atoms with Crippen molar-refractivity contribution < 1.29 is 13.2 Å². The van der Waals surface area contributed by atoms with Gasteiger partial charge in [0.05, 0.1) is 4.90 Å². The molecule has 0 bridgehead atoms. The minimum Gasteiger partial charge on any atom is -0.345 e. The molecule has 1 N–H and O–H groups in total. The molecule has 0 spiro atoms. The molecule has 1 aliphatic carbocycles. The van der Waals surface area contributed by atoms with Crippen LogP contribution in [0, 0.1) is 0 Å². The van der Waals surface area contributed by atoms with E-state index in [9.17, 15) is 13.2 Å². The number of sulfonamides is 1. The van der Waals surface area contributed by atoms with Crippen molar-refractivity contribution in [2.24, 2.45) is 0 Å². The number of hydrogen-bond acceptors (Lipinski definition) is 3. The van der Waals surface area contributed by atoms with Gasteiger partial charge in [-0.25, -0.2) is 8.42 Å². The van der Waals surface area contributed by atoms with E-state index in [0.717, 1.165) is 23.6 Å². The van der Waals surface area contributed by atoms with Gasteiger partial charge in [-0.1, -0.05) is 24.3 Å². The van der Waals surface area contributed by atoms with Crippen molar-refractivity contribution >= 4 is 32.4 Å². The predicted octanol–water partition coefficient (Wildman–Crippen LogP) is 3.44. The second-order valence-corrected chi connectivity index (χ2v) is 8.60. The largest absolute Gasteiger partial charge is 0.345 e. The van der Waals surface area contributed by atoms with E-state index >= 15 is 0 Å². The minimum atomic E-state index is -3.74. The third-order valence-electron chi connectivity index (χ3n) is 4.92. The van der Waals surface area contributed by atoms with Crippen LogP contribution in [0.4, 0.5) is 5.69 Å². The molecule has 0 heterocycles. The van der Waals surface area contributed by atoms with Gasteiger partial charge in [0.2, 0.25) is 0 Å². The summed E-state index contributed by atoms with van der Waals surface area (Å²) in [6.45, 7) is 0. The van der Waals surface area contributed by atoms with E-state index in [-0.39, 0.29) is 10.8 Å². The topological polar surface area (TPSA) is 66.5 Å². The average molecular weight is 380 g/mol. The lowest BCUT2D eigenvalue weighted by Crippen LogP contribution is -2.21. The van der Waals surface area contributed by atoms with Crippen LogP contribution in [0.15, 0.2) is 59.5 Å². The minimum absolute atomic E-state index is 0.128. The van der Waals surface area contributed by atoms with Crippen molar-refractivity contribution in [3.63, 3.8) is 0 Å². The van der Waals surface area contributed by atoms with Crippen LogP contribution in [0.1, 0.15) is 21.5 Å². The highest BCUT2D eigenvalue weighted by molar-refractivity contribution is 7.93. The van der Waals surface area contributed by atoms with Crippen molar-refractivity contribution in [2.45, 2.75) is 17.7 Å². The van der Waals surface area contributed by atoms with Crippen LogP contribution in [-0.2, 0) is 22.9 Å². The highest BCUT2D eigenvalue weighted by atomic mass is 32.2. The summed E-state index contributed by atoms with van der Waals surface area (Å²) in [6.07, 6.45) is 1.90. The molecule has 0 saturated carbocycles. The molecule has 0 aliphatic heterocycles. The number of amides is 1. The molecule has 5 nitrogen and oxygen atoms in total. The Bertz CT molecular complexity index is 1140. The number of nitrogens with one attached hydrogen (secondary N) is 1. The molecule has 27 heavy (non-hydrogen) atoms. The number of nitrogens with zero attached hydrogens (tertiary/aromatic N) is 1. The zero-order valence-electron chi connectivity index (χ0n) is 15.2. The molecule has 1 aliphatic rings. The monoisotopic (exact) mass is 380 g/mol. The molecule has 3 aromatic rings. The number of carbonyl (C=O) groups is 1. The fourth-order valence-electron chi connectivity index (χ4n) is 3.60. The molecular formula is C21H20N2O3S. The molecule has 4 rings (SSSR count). The van der Waals surface area contributed by atoms with E-state index in [1.54, 1.807) is 44.4 Å². The maximum Gasteiger partial charge on any atom is 0.262 e. The van der Waals surface area contributed by atoms with Gasteiger partial charge in [-0.2, -0.15) is 0 Å². The van der Waals surface area contributed by atoms with Crippen LogP contribution in [-0.4, -0.2) is 33.3 Å². The third kappa shape index (κ3) is 3.06. The van der Waals surface area contributed by atoms with Crippen LogP contribution in [0.2, 0.25) is 0 Å². The van der Waals surface area contributed by atoms with Crippen molar-refractivity contribution in [2.75, 3.05) is 18.8 Å². The molecule has 0 unspecified atom stereocenters. The molecule has 1 amide bonds. The summed E-state index contributed by atoms with van der Waals surface area (Å²) in [7, 11) is -0.390. The number of benzene rings is 3. The molecule has 0 saturated heterocycles. The van der Waals surface area contributed by atoms with Gasteiger partial charge in [0.1, 0.15) is 0 Å². The summed E-state index contributed by atoms with van der Waals surface area (Å²) in [4.78, 5) is 13.7. The van der Waals surface area contributed by atoms with Gasteiger partial charge in [-0.15, -0.1) is 0 Å². The van der Waals surface area contributed by atoms with Crippen molar-refractivity contribution in [3.8, 4) is 0 Å². The van der Waals surface area contributed by atoms with Crippen molar-refractivity contribution in [3.05, 3.63) is 71.3 Å². The zero-order valence-corrected chi connectivity index (χ0v) is 16.0. The van der Waals surface area contributed by atoms with Crippen molar-refractivity contribution in [1.82, 2.24) is 4.90 Å². The van der Waals surface area contributed by atoms with Gasteiger partial charge in [-0.05, 0) is 59.7 Å². The van der Waals surface area contributed by atoms with Gasteiger partial charge in [-0.3, -0.25) is 9.52 Å². The fraction of sp³-hybridized carbons (Fsp3) is 0.190. The summed E-state index contributed by atoms with van der Waals surface area (Å²) in [5.41, 5.74) is 3.33. The standard InChI is InChI=1S/C21H20N2O3S/c1-23(2)21(24)16-8-11-17(12-9-16)22-27(25,26)19-13-10-15-7-6-14-4-3-5-18(19)20(14)15/h3-5,8-13,22H,6-7H2,1-2H3. The van der Waals surface area contributed by atoms with E-state index < -0.39 is 10.0 Å². The van der Waals surface area contributed by atoms with Crippen LogP contribution in [0.3, 0.4) is 0 Å². The first kappa shape index (κ1) is 17.5. The summed E-state index contributed by atoms with van der Waals surface area (Å²) >= 11 is 0. The SMILES string of the molecule is CN(C)C(=O)c1ccc(NS(=O)(=O)c2ccc3c4c(cccc24)CC3)cc1. The molecule has 0 radical (unpaired) electrons. The first-order chi connectivity index (χ1) is 12.9. The average Bonchev–Trinajstić information content (AvgIpc) is 3.06. The molecule has 0 fully saturated rings. The Balaban J connectivity index is 1.69. The molecule has 6 heteroatoms. The Hall–Kier alpha value is -2.86. The first-order valence-corrected chi connectivity index (χ1v) is 10.2. The quantitative estimate of drug-likeness (QED) is 0.754. The van der Waals surface area contributed by atoms with Crippen LogP contribution < -0.4 is 4.72 Å². The number of rotatable bonds is 4. The van der Waals surface area contributed by atoms with Gasteiger partial charge in [0.25, 0.3) is 15.9 Å². The Kier molecular flexibility index (Phi) is 4.15. The first-order valence-electron chi connectivity index (χ1n) is 8.75.